The van der Waals surface area contributed by atoms with Gasteiger partial charge >= 0.3 is 0 Å². The normalized spacial score (nSPS) is 14.8. The van der Waals surface area contributed by atoms with E-state index < -0.39 is 10.0 Å². The van der Waals surface area contributed by atoms with Crippen molar-refractivity contribution < 1.29 is 17.7 Å². The smallest absolute Gasteiger partial charge is 0.242 e. The molecule has 0 saturated carbocycles. The Morgan fingerprint density at radius 1 is 1.22 bits per heavy atom. The van der Waals surface area contributed by atoms with Gasteiger partial charge in [-0.3, -0.25) is 4.79 Å². The molecule has 0 radical (unpaired) electrons. The first-order valence-corrected chi connectivity index (χ1v) is 10.7. The van der Waals surface area contributed by atoms with E-state index in [9.17, 15) is 13.2 Å². The zero-order valence-corrected chi connectivity index (χ0v) is 15.8. The molecule has 27 heavy (non-hydrogen) atoms. The molecule has 0 atom stereocenters. The van der Waals surface area contributed by atoms with E-state index in [0.29, 0.717) is 24.5 Å². The highest BCUT2D eigenvalue weighted by Crippen LogP contribution is 2.23. The van der Waals surface area contributed by atoms with Crippen molar-refractivity contribution in [2.75, 3.05) is 11.4 Å². The van der Waals surface area contributed by atoms with Crippen LogP contribution in [0.3, 0.4) is 0 Å². The van der Waals surface area contributed by atoms with Crippen molar-refractivity contribution in [3.05, 3.63) is 47.7 Å². The van der Waals surface area contributed by atoms with Crippen LogP contribution in [0.15, 0.2) is 51.2 Å². The summed E-state index contributed by atoms with van der Waals surface area (Å²) in [4.78, 5) is 18.6. The van der Waals surface area contributed by atoms with Crippen molar-refractivity contribution >= 4 is 33.0 Å². The van der Waals surface area contributed by atoms with Gasteiger partial charge in [0.1, 0.15) is 0 Å². The van der Waals surface area contributed by atoms with Crippen molar-refractivity contribution in [1.82, 2.24) is 14.9 Å². The van der Waals surface area contributed by atoms with Crippen molar-refractivity contribution in [2.45, 2.75) is 24.3 Å². The van der Waals surface area contributed by atoms with Crippen LogP contribution in [0.5, 0.6) is 0 Å². The molecule has 10 heteroatoms. The largest absolute Gasteiger partial charge is 0.337 e. The monoisotopic (exact) mass is 404 g/mol. The summed E-state index contributed by atoms with van der Waals surface area (Å²) < 4.78 is 32.5. The van der Waals surface area contributed by atoms with E-state index in [1.165, 1.54) is 23.5 Å². The van der Waals surface area contributed by atoms with Gasteiger partial charge in [0.15, 0.2) is 0 Å². The number of amides is 1. The van der Waals surface area contributed by atoms with Crippen molar-refractivity contribution in [3.63, 3.8) is 0 Å². The Labute approximate surface area is 159 Å². The Morgan fingerprint density at radius 2 is 2.04 bits per heavy atom. The van der Waals surface area contributed by atoms with Gasteiger partial charge in [-0.2, -0.15) is 4.98 Å². The molecule has 0 spiro atoms. The van der Waals surface area contributed by atoms with Gasteiger partial charge in [0.05, 0.1) is 16.3 Å². The van der Waals surface area contributed by atoms with Crippen LogP contribution in [0.1, 0.15) is 18.7 Å². The summed E-state index contributed by atoms with van der Waals surface area (Å²) in [5.41, 5.74) is 0.703. The summed E-state index contributed by atoms with van der Waals surface area (Å²) in [6, 6.07) is 9.97. The molecule has 1 aliphatic rings. The van der Waals surface area contributed by atoms with Crippen LogP contribution in [-0.2, 0) is 21.4 Å². The molecule has 0 bridgehead atoms. The van der Waals surface area contributed by atoms with Crippen molar-refractivity contribution in [3.8, 4) is 10.7 Å². The van der Waals surface area contributed by atoms with Crippen LogP contribution in [0.25, 0.3) is 10.7 Å². The third kappa shape index (κ3) is 3.77. The standard InChI is InChI=1S/C17H16N4O4S2/c22-16-4-1-9-21(16)12-5-7-13(8-6-12)27(23,24)18-11-15-19-17(20-25-15)14-3-2-10-26-14/h2-3,5-8,10,18H,1,4,9,11H2. The lowest BCUT2D eigenvalue weighted by atomic mass is 10.3. The maximum Gasteiger partial charge on any atom is 0.242 e. The van der Waals surface area contributed by atoms with Crippen LogP contribution in [0.4, 0.5) is 5.69 Å². The first-order valence-electron chi connectivity index (χ1n) is 8.29. The Balaban J connectivity index is 1.43. The van der Waals surface area contributed by atoms with E-state index in [4.69, 9.17) is 4.52 Å². The summed E-state index contributed by atoms with van der Waals surface area (Å²) >= 11 is 1.47. The van der Waals surface area contributed by atoms with Crippen LogP contribution < -0.4 is 9.62 Å². The molecular weight excluding hydrogens is 388 g/mol. The van der Waals surface area contributed by atoms with E-state index in [0.717, 1.165) is 11.3 Å². The number of hydrogen-bond donors (Lipinski definition) is 1. The number of anilines is 1. The summed E-state index contributed by atoms with van der Waals surface area (Å²) in [7, 11) is -3.74. The van der Waals surface area contributed by atoms with Gasteiger partial charge in [0.2, 0.25) is 27.6 Å². The highest BCUT2D eigenvalue weighted by molar-refractivity contribution is 7.89. The van der Waals surface area contributed by atoms with Gasteiger partial charge in [-0.1, -0.05) is 11.2 Å². The molecule has 4 rings (SSSR count). The average molecular weight is 404 g/mol. The van der Waals surface area contributed by atoms with Gasteiger partial charge in [-0.05, 0) is 42.1 Å². The number of rotatable bonds is 6. The zero-order valence-electron chi connectivity index (χ0n) is 14.2. The predicted octanol–water partition coefficient (Wildman–Crippen LogP) is 2.40. The molecule has 1 fully saturated rings. The summed E-state index contributed by atoms with van der Waals surface area (Å²) in [6.07, 6.45) is 1.34. The SMILES string of the molecule is O=C1CCCN1c1ccc(S(=O)(=O)NCc2nc(-c3cccs3)no2)cc1. The van der Waals surface area contributed by atoms with Gasteiger partial charge in [0, 0.05) is 18.7 Å². The Hall–Kier alpha value is -2.56. The number of thiophene rings is 1. The lowest BCUT2D eigenvalue weighted by Crippen LogP contribution is -2.25. The van der Waals surface area contributed by atoms with Crippen molar-refractivity contribution in [1.29, 1.82) is 0 Å². The minimum absolute atomic E-state index is 0.0571. The fraction of sp³-hybridized carbons (Fsp3) is 0.235. The number of sulfonamides is 1. The minimum atomic E-state index is -3.74. The number of nitrogens with zero attached hydrogens (tertiary/aromatic N) is 3. The van der Waals surface area contributed by atoms with Gasteiger partial charge in [0.25, 0.3) is 0 Å². The number of carbonyl (C=O) groups is 1. The Morgan fingerprint density at radius 3 is 2.70 bits per heavy atom. The third-order valence-corrected chi connectivity index (χ3v) is 6.44. The van der Waals surface area contributed by atoms with Crippen LogP contribution in [0, 0.1) is 0 Å². The molecule has 8 nitrogen and oxygen atoms in total. The van der Waals surface area contributed by atoms with E-state index in [1.54, 1.807) is 17.0 Å². The van der Waals surface area contributed by atoms with E-state index in [2.05, 4.69) is 14.9 Å². The maximum absolute atomic E-state index is 12.5. The number of nitrogens with one attached hydrogen (secondary N) is 1. The average Bonchev–Trinajstić information content (AvgIpc) is 3.41. The topological polar surface area (TPSA) is 105 Å². The fourth-order valence-electron chi connectivity index (χ4n) is 2.80. The molecule has 1 aliphatic heterocycles. The fourth-order valence-corrected chi connectivity index (χ4v) is 4.42. The molecule has 3 heterocycles. The summed E-state index contributed by atoms with van der Waals surface area (Å²) in [6.45, 7) is 0.556. The number of benzene rings is 1. The minimum Gasteiger partial charge on any atom is -0.337 e. The molecule has 0 unspecified atom stereocenters. The Bertz CT molecular complexity index is 1040. The van der Waals surface area contributed by atoms with Gasteiger partial charge < -0.3 is 9.42 Å². The lowest BCUT2D eigenvalue weighted by Gasteiger charge is -2.15. The second-order valence-electron chi connectivity index (χ2n) is 5.96. The quantitative estimate of drug-likeness (QED) is 0.676. The van der Waals surface area contributed by atoms with E-state index >= 15 is 0 Å². The van der Waals surface area contributed by atoms with Crippen molar-refractivity contribution in [2.24, 2.45) is 0 Å². The lowest BCUT2D eigenvalue weighted by molar-refractivity contribution is -0.117. The summed E-state index contributed by atoms with van der Waals surface area (Å²) in [5.74, 6) is 0.668. The second kappa shape index (κ2) is 7.22. The van der Waals surface area contributed by atoms with Gasteiger partial charge in [-0.25, -0.2) is 13.1 Å². The molecule has 140 valence electrons. The number of aromatic nitrogens is 2. The molecule has 3 aromatic rings. The molecular formula is C17H16N4O4S2. The maximum atomic E-state index is 12.5. The predicted molar refractivity (Wildman–Crippen MR) is 99.7 cm³/mol. The zero-order chi connectivity index (χ0) is 18.9. The number of hydrogen-bond acceptors (Lipinski definition) is 7. The molecule has 1 N–H and O–H groups in total. The molecule has 0 aliphatic carbocycles. The molecule has 2 aromatic heterocycles. The third-order valence-electron chi connectivity index (χ3n) is 4.16. The highest BCUT2D eigenvalue weighted by atomic mass is 32.2. The highest BCUT2D eigenvalue weighted by Gasteiger charge is 2.22. The molecule has 1 amide bonds. The molecule has 1 saturated heterocycles. The van der Waals surface area contributed by atoms with Gasteiger partial charge in [-0.15, -0.1) is 11.3 Å². The van der Waals surface area contributed by atoms with E-state index in [-0.39, 0.29) is 23.2 Å². The van der Waals surface area contributed by atoms with Crippen LogP contribution in [0.2, 0.25) is 0 Å². The first-order chi connectivity index (χ1) is 13.0. The van der Waals surface area contributed by atoms with Crippen LogP contribution in [-0.4, -0.2) is 31.0 Å². The number of carbonyl (C=O) groups excluding carboxylic acids is 1. The van der Waals surface area contributed by atoms with Crippen LogP contribution >= 0.6 is 11.3 Å². The molecule has 1 aromatic carbocycles. The Kier molecular flexibility index (Phi) is 4.77. The van der Waals surface area contributed by atoms with E-state index in [1.807, 2.05) is 17.5 Å². The summed E-state index contributed by atoms with van der Waals surface area (Å²) in [5, 5.41) is 5.74. The second-order valence-corrected chi connectivity index (χ2v) is 8.67. The first kappa shape index (κ1) is 17.8.